The van der Waals surface area contributed by atoms with E-state index in [2.05, 4.69) is 34.4 Å². The number of ether oxygens (including phenoxy) is 3. The lowest BCUT2D eigenvalue weighted by molar-refractivity contribution is -0.163. The van der Waals surface area contributed by atoms with Crippen LogP contribution in [0.1, 0.15) is 44.3 Å². The summed E-state index contributed by atoms with van der Waals surface area (Å²) in [4.78, 5) is 59.5. The van der Waals surface area contributed by atoms with Crippen molar-refractivity contribution in [1.82, 2.24) is 10.2 Å². The van der Waals surface area contributed by atoms with Crippen molar-refractivity contribution in [2.24, 2.45) is 11.8 Å². The molecular weight excluding hydrogens is 742 g/mol. The Hall–Kier alpha value is -3.55. The zero-order valence-electron chi connectivity index (χ0n) is 28.8. The first kappa shape index (κ1) is 38.7. The van der Waals surface area contributed by atoms with Gasteiger partial charge in [-0.05, 0) is 37.0 Å². The van der Waals surface area contributed by atoms with Gasteiger partial charge in [0.1, 0.15) is 17.7 Å². The van der Waals surface area contributed by atoms with Crippen LogP contribution in [0, 0.1) is 11.8 Å². The lowest BCUT2D eigenvalue weighted by Crippen LogP contribution is -2.59. The molecule has 1 spiro atoms. The third-order valence-corrected chi connectivity index (χ3v) is 11.2. The summed E-state index contributed by atoms with van der Waals surface area (Å²) in [5, 5.41) is 13.8. The molecule has 1 unspecified atom stereocenters. The number of halogens is 2. The number of carbonyl (C=O) groups excluding carboxylic acids is 4. The van der Waals surface area contributed by atoms with Gasteiger partial charge in [-0.1, -0.05) is 89.1 Å². The van der Waals surface area contributed by atoms with E-state index < -0.39 is 77.0 Å². The molecule has 0 radical (unpaired) electrons. The fourth-order valence-electron chi connectivity index (χ4n) is 7.80. The summed E-state index contributed by atoms with van der Waals surface area (Å²) in [5.41, 5.74) is -0.380. The first-order valence-corrected chi connectivity index (χ1v) is 18.4. The molecule has 0 aromatic heterocycles. The van der Waals surface area contributed by atoms with Gasteiger partial charge in [0.2, 0.25) is 11.8 Å². The number of rotatable bonds is 17. The van der Waals surface area contributed by atoms with Crippen LogP contribution < -0.4 is 10.2 Å². The molecule has 11 nitrogen and oxygen atoms in total. The highest BCUT2D eigenvalue weighted by Gasteiger charge is 2.77. The molecule has 3 amide bonds. The predicted molar refractivity (Wildman–Crippen MR) is 196 cm³/mol. The number of para-hydroxylation sites is 1. The Bertz CT molecular complexity index is 1610. The molecule has 13 heteroatoms. The van der Waals surface area contributed by atoms with Crippen LogP contribution in [-0.4, -0.2) is 95.2 Å². The fourth-order valence-corrected chi connectivity index (χ4v) is 8.98. The van der Waals surface area contributed by atoms with Crippen molar-refractivity contribution < 1.29 is 38.5 Å². The molecule has 2 N–H and O–H groups in total. The number of hydrogen-bond acceptors (Lipinski definition) is 8. The number of fused-ring (bicyclic) bond motifs is 1. The smallest absolute Gasteiger partial charge is 0.313 e. The molecule has 3 saturated heterocycles. The second kappa shape index (κ2) is 16.9. The normalized spacial score (nSPS) is 26.6. The summed E-state index contributed by atoms with van der Waals surface area (Å²) >= 11 is 10.3. The zero-order valence-corrected chi connectivity index (χ0v) is 31.1. The van der Waals surface area contributed by atoms with Crippen LogP contribution in [0.4, 0.5) is 5.69 Å². The van der Waals surface area contributed by atoms with Gasteiger partial charge >= 0.3 is 5.97 Å². The Morgan fingerprint density at radius 1 is 1.18 bits per heavy atom. The van der Waals surface area contributed by atoms with Gasteiger partial charge in [-0.15, -0.1) is 13.2 Å². The van der Waals surface area contributed by atoms with Crippen LogP contribution in [0.25, 0.3) is 0 Å². The standard InChI is InChI=1S/C38H45BrClN3O8/c1-5-8-18-29(45)41-27(22-49-4)32(23-14-10-9-11-15-23)50-37(48)30-31-35(46)43(24(7-3)21-44)34(38(31)20-25(39)33(30)51-38)36(47)42(19-6-2)28-17-13-12-16-26(28)40/h5-6,9-17,24-25,27,30-34,44H,1-2,7-8,18-22H2,3-4H3,(H,41,45)/t24-,25?,27+,30-,31+,32+,33-,34-,38+/m0/s1. The number of nitrogens with zero attached hydrogens (tertiary/aromatic N) is 2. The molecule has 2 aromatic rings. The number of alkyl halides is 1. The third kappa shape index (κ3) is 7.39. The summed E-state index contributed by atoms with van der Waals surface area (Å²) in [6.07, 6.45) is 2.68. The quantitative estimate of drug-likeness (QED) is 0.133. The summed E-state index contributed by atoms with van der Waals surface area (Å²) in [6, 6.07) is 13.2. The minimum atomic E-state index is -1.42. The maximum absolute atomic E-state index is 14.9. The van der Waals surface area contributed by atoms with Gasteiger partial charge in [0.05, 0.1) is 53.9 Å². The fraction of sp³-hybridized carbons (Fsp3) is 0.474. The Morgan fingerprint density at radius 3 is 2.51 bits per heavy atom. The van der Waals surface area contributed by atoms with E-state index in [4.69, 9.17) is 25.8 Å². The van der Waals surface area contributed by atoms with Gasteiger partial charge < -0.3 is 34.4 Å². The van der Waals surface area contributed by atoms with Crippen LogP contribution >= 0.6 is 27.5 Å². The highest BCUT2D eigenvalue weighted by molar-refractivity contribution is 9.09. The predicted octanol–water partition coefficient (Wildman–Crippen LogP) is 4.76. The molecule has 51 heavy (non-hydrogen) atoms. The second-order valence-electron chi connectivity index (χ2n) is 13.1. The van der Waals surface area contributed by atoms with Crippen LogP contribution in [-0.2, 0) is 33.4 Å². The minimum Gasteiger partial charge on any atom is -0.455 e. The van der Waals surface area contributed by atoms with Crippen molar-refractivity contribution in [1.29, 1.82) is 0 Å². The minimum absolute atomic E-state index is 0.0326. The van der Waals surface area contributed by atoms with Crippen molar-refractivity contribution >= 4 is 56.9 Å². The largest absolute Gasteiger partial charge is 0.455 e. The van der Waals surface area contributed by atoms with E-state index in [1.807, 2.05) is 13.0 Å². The molecule has 0 aliphatic carbocycles. The summed E-state index contributed by atoms with van der Waals surface area (Å²) in [7, 11) is 1.49. The van der Waals surface area contributed by atoms with Crippen molar-refractivity contribution in [3.8, 4) is 0 Å². The van der Waals surface area contributed by atoms with Crippen molar-refractivity contribution in [2.75, 3.05) is 31.8 Å². The molecule has 3 aliphatic rings. The first-order chi connectivity index (χ1) is 24.6. The van der Waals surface area contributed by atoms with Crippen LogP contribution in [0.15, 0.2) is 79.9 Å². The highest BCUT2D eigenvalue weighted by atomic mass is 79.9. The average molecular weight is 787 g/mol. The van der Waals surface area contributed by atoms with E-state index in [1.165, 1.54) is 16.9 Å². The molecule has 5 rings (SSSR count). The second-order valence-corrected chi connectivity index (χ2v) is 14.7. The molecule has 2 aromatic carbocycles. The lowest BCUT2D eigenvalue weighted by atomic mass is 9.70. The molecule has 3 fully saturated rings. The summed E-state index contributed by atoms with van der Waals surface area (Å²) in [5.74, 6) is -4.11. The third-order valence-electron chi connectivity index (χ3n) is 10.0. The van der Waals surface area contributed by atoms with Crippen LogP contribution in [0.5, 0.6) is 0 Å². The Kier molecular flexibility index (Phi) is 12.8. The number of anilines is 1. The molecular formula is C38H45BrClN3O8. The number of carbonyl (C=O) groups is 4. The van der Waals surface area contributed by atoms with E-state index in [-0.39, 0.29) is 31.9 Å². The maximum Gasteiger partial charge on any atom is 0.313 e. The molecule has 2 bridgehead atoms. The summed E-state index contributed by atoms with van der Waals surface area (Å²) in [6.45, 7) is 9.06. The Labute approximate surface area is 312 Å². The number of hydrogen-bond donors (Lipinski definition) is 2. The number of allylic oxidation sites excluding steroid dienone is 1. The Balaban J connectivity index is 1.55. The number of aliphatic hydroxyl groups excluding tert-OH is 1. The SMILES string of the molecule is C=CCCC(=O)N[C@H](COC)[C@H](OC(=O)[C@@H]1[C@H]2O[C@@]3(CC2Br)[C@H](C(=O)N(CC=C)c2ccccc2Cl)N([C@@H](CC)CO)C(=O)[C@@H]13)c1ccccc1. The van der Waals surface area contributed by atoms with Gasteiger partial charge in [-0.3, -0.25) is 19.2 Å². The van der Waals surface area contributed by atoms with Gasteiger partial charge in [0.25, 0.3) is 5.91 Å². The monoisotopic (exact) mass is 785 g/mol. The van der Waals surface area contributed by atoms with Crippen molar-refractivity contribution in [2.45, 2.75) is 73.4 Å². The number of methoxy groups -OCH3 is 1. The van der Waals surface area contributed by atoms with Crippen molar-refractivity contribution in [3.63, 3.8) is 0 Å². The van der Waals surface area contributed by atoms with E-state index in [0.717, 1.165) is 0 Å². The van der Waals surface area contributed by atoms with Gasteiger partial charge in [-0.25, -0.2) is 0 Å². The first-order valence-electron chi connectivity index (χ1n) is 17.1. The van der Waals surface area contributed by atoms with Crippen molar-refractivity contribution in [3.05, 3.63) is 90.5 Å². The number of benzene rings is 2. The molecule has 3 heterocycles. The molecule has 0 saturated carbocycles. The van der Waals surface area contributed by atoms with Gasteiger partial charge in [0.15, 0.2) is 0 Å². The molecule has 9 atom stereocenters. The maximum atomic E-state index is 14.9. The highest BCUT2D eigenvalue weighted by Crippen LogP contribution is 2.61. The zero-order chi connectivity index (χ0) is 36.9. The van der Waals surface area contributed by atoms with Crippen LogP contribution in [0.3, 0.4) is 0 Å². The number of likely N-dealkylation sites (tertiary alicyclic amines) is 1. The van der Waals surface area contributed by atoms with E-state index in [9.17, 15) is 24.3 Å². The molecule has 274 valence electrons. The summed E-state index contributed by atoms with van der Waals surface area (Å²) < 4.78 is 18.5. The average Bonchev–Trinajstić information content (AvgIpc) is 3.73. The Morgan fingerprint density at radius 2 is 1.88 bits per heavy atom. The topological polar surface area (TPSA) is 135 Å². The van der Waals surface area contributed by atoms with E-state index >= 15 is 0 Å². The van der Waals surface area contributed by atoms with E-state index in [0.29, 0.717) is 29.1 Å². The number of esters is 1. The van der Waals surface area contributed by atoms with Gasteiger partial charge in [-0.2, -0.15) is 0 Å². The molecule has 3 aliphatic heterocycles. The van der Waals surface area contributed by atoms with Gasteiger partial charge in [0, 0.05) is 24.9 Å². The van der Waals surface area contributed by atoms with E-state index in [1.54, 1.807) is 60.7 Å². The van der Waals surface area contributed by atoms with Crippen LogP contribution in [0.2, 0.25) is 5.02 Å². The lowest BCUT2D eigenvalue weighted by Gasteiger charge is -2.39. The number of nitrogens with one attached hydrogen (secondary N) is 1. The number of amides is 3. The number of aliphatic hydroxyl groups is 1.